The summed E-state index contributed by atoms with van der Waals surface area (Å²) in [5.41, 5.74) is 2.03. The normalized spacial score (nSPS) is 14.8. The van der Waals surface area contributed by atoms with Crippen molar-refractivity contribution >= 4 is 27.3 Å². The number of aliphatic hydroxyl groups is 1. The van der Waals surface area contributed by atoms with Crippen LogP contribution in [0.3, 0.4) is 0 Å². The lowest BCUT2D eigenvalue weighted by molar-refractivity contribution is -0.134. The maximum Gasteiger partial charge on any atom is 0.292 e. The molecule has 1 aromatic carbocycles. The first-order valence-corrected chi connectivity index (χ1v) is 11.6. The van der Waals surface area contributed by atoms with Crippen LogP contribution in [0.25, 0.3) is 0 Å². The van der Waals surface area contributed by atoms with Gasteiger partial charge in [-0.1, -0.05) is 37.3 Å². The highest BCUT2D eigenvalue weighted by Gasteiger charge is 2.33. The molecule has 1 atom stereocenters. The summed E-state index contributed by atoms with van der Waals surface area (Å²) in [6.45, 7) is 2.19. The summed E-state index contributed by atoms with van der Waals surface area (Å²) >= 11 is 1.24. The molecule has 9 heteroatoms. The van der Waals surface area contributed by atoms with E-state index in [4.69, 9.17) is 0 Å². The second-order valence-electron chi connectivity index (χ2n) is 6.89. The molecule has 1 aliphatic heterocycles. The van der Waals surface area contributed by atoms with Crippen molar-refractivity contribution in [2.45, 2.75) is 36.6 Å². The highest BCUT2D eigenvalue weighted by molar-refractivity contribution is 7.91. The minimum Gasteiger partial charge on any atom is -0.395 e. The molecule has 1 amide bonds. The van der Waals surface area contributed by atoms with Gasteiger partial charge < -0.3 is 10.0 Å². The van der Waals surface area contributed by atoms with Crippen LogP contribution in [-0.4, -0.2) is 40.1 Å². The summed E-state index contributed by atoms with van der Waals surface area (Å²) in [4.78, 5) is 15.5. The Morgan fingerprint density at radius 1 is 1.21 bits per heavy atom. The van der Waals surface area contributed by atoms with Gasteiger partial charge in [-0.3, -0.25) is 4.79 Å². The van der Waals surface area contributed by atoms with Crippen molar-refractivity contribution in [3.63, 3.8) is 0 Å². The fourth-order valence-electron chi connectivity index (χ4n) is 3.42. The number of amides is 1. The molecule has 0 spiro atoms. The molecule has 3 aromatic rings. The Labute approximate surface area is 173 Å². The number of aryl methyl sites for hydroxylation is 1. The number of nitrogens with zero attached hydrogens (tertiary/aromatic N) is 3. The first-order chi connectivity index (χ1) is 13.9. The minimum atomic E-state index is -3.73. The van der Waals surface area contributed by atoms with Crippen LogP contribution in [0.5, 0.6) is 0 Å². The Balaban J connectivity index is 1.53. The van der Waals surface area contributed by atoms with Gasteiger partial charge in [0.25, 0.3) is 10.0 Å². The fourth-order valence-corrected chi connectivity index (χ4v) is 5.96. The molecule has 152 valence electrons. The molecule has 1 aliphatic rings. The van der Waals surface area contributed by atoms with Gasteiger partial charge >= 0.3 is 0 Å². The Hall–Kier alpha value is -2.49. The molecule has 4 rings (SSSR count). The molecular formula is C20H21N3O4S2. The van der Waals surface area contributed by atoms with Crippen molar-refractivity contribution < 1.29 is 18.3 Å². The number of aliphatic hydroxyl groups excluding tert-OH is 1. The van der Waals surface area contributed by atoms with Crippen LogP contribution in [0.15, 0.2) is 52.9 Å². The molecule has 0 aliphatic carbocycles. The van der Waals surface area contributed by atoms with Crippen LogP contribution in [0.4, 0.5) is 0 Å². The summed E-state index contributed by atoms with van der Waals surface area (Å²) in [6, 6.07) is 12.6. The van der Waals surface area contributed by atoms with Gasteiger partial charge in [0.15, 0.2) is 0 Å². The Bertz CT molecular complexity index is 1110. The van der Waals surface area contributed by atoms with Gasteiger partial charge in [-0.05, 0) is 24.1 Å². The van der Waals surface area contributed by atoms with Crippen molar-refractivity contribution in [3.8, 4) is 0 Å². The highest BCUT2D eigenvalue weighted by atomic mass is 32.2. The maximum absolute atomic E-state index is 12.9. The fraction of sp³-hybridized carbons (Fsp3) is 0.300. The molecular weight excluding hydrogens is 410 g/mol. The second-order valence-corrected chi connectivity index (χ2v) is 10.1. The molecule has 7 nitrogen and oxygen atoms in total. The zero-order valence-corrected chi connectivity index (χ0v) is 17.5. The second kappa shape index (κ2) is 7.74. The van der Waals surface area contributed by atoms with Gasteiger partial charge in [-0.15, -0.1) is 11.3 Å². The van der Waals surface area contributed by atoms with E-state index in [1.807, 2.05) is 43.3 Å². The van der Waals surface area contributed by atoms with Crippen molar-refractivity contribution in [3.05, 3.63) is 70.4 Å². The van der Waals surface area contributed by atoms with Crippen LogP contribution in [0, 0.1) is 0 Å². The highest BCUT2D eigenvalue weighted by Crippen LogP contribution is 2.29. The van der Waals surface area contributed by atoms with Crippen LogP contribution in [0.2, 0.25) is 0 Å². The lowest BCUT2D eigenvalue weighted by Gasteiger charge is -2.22. The van der Waals surface area contributed by atoms with Gasteiger partial charge in [-0.25, -0.2) is 0 Å². The Morgan fingerprint density at radius 3 is 2.59 bits per heavy atom. The van der Waals surface area contributed by atoms with E-state index < -0.39 is 15.9 Å². The zero-order valence-electron chi connectivity index (χ0n) is 15.9. The molecule has 0 unspecified atom stereocenters. The SMILES string of the molecule is CCc1ccc(S(=O)(=O)n2cc3c(n2)CN(C(=O)[C@H](CO)c2ccccc2)C3)s1. The average molecular weight is 432 g/mol. The van der Waals surface area contributed by atoms with E-state index in [2.05, 4.69) is 5.10 Å². The van der Waals surface area contributed by atoms with Gasteiger partial charge in [0.1, 0.15) is 4.21 Å². The quantitative estimate of drug-likeness (QED) is 0.647. The third kappa shape index (κ3) is 3.61. The number of fused-ring (bicyclic) bond motifs is 1. The van der Waals surface area contributed by atoms with Crippen LogP contribution in [0.1, 0.15) is 34.5 Å². The first kappa shape index (κ1) is 19.8. The molecule has 0 saturated carbocycles. The van der Waals surface area contributed by atoms with Crippen molar-refractivity contribution in [1.29, 1.82) is 0 Å². The number of aromatic nitrogens is 2. The lowest BCUT2D eigenvalue weighted by Crippen LogP contribution is -2.33. The summed E-state index contributed by atoms with van der Waals surface area (Å²) < 4.78 is 26.9. The number of benzene rings is 1. The molecule has 29 heavy (non-hydrogen) atoms. The van der Waals surface area contributed by atoms with Gasteiger partial charge in [0, 0.05) is 23.2 Å². The Kier molecular flexibility index (Phi) is 5.28. The van der Waals surface area contributed by atoms with E-state index in [9.17, 15) is 18.3 Å². The molecule has 1 N–H and O–H groups in total. The topological polar surface area (TPSA) is 92.5 Å². The molecule has 2 aromatic heterocycles. The molecule has 0 bridgehead atoms. The van der Waals surface area contributed by atoms with E-state index in [-0.39, 0.29) is 29.8 Å². The third-order valence-corrected chi connectivity index (χ3v) is 8.27. The van der Waals surface area contributed by atoms with E-state index in [1.165, 1.54) is 17.5 Å². The smallest absolute Gasteiger partial charge is 0.292 e. The molecule has 3 heterocycles. The number of carbonyl (C=O) groups is 1. The summed E-state index contributed by atoms with van der Waals surface area (Å²) in [5.74, 6) is -0.841. The minimum absolute atomic E-state index is 0.197. The summed E-state index contributed by atoms with van der Waals surface area (Å²) in [6.07, 6.45) is 2.26. The first-order valence-electron chi connectivity index (χ1n) is 9.30. The molecule has 0 saturated heterocycles. The predicted octanol–water partition coefficient (Wildman–Crippen LogP) is 2.36. The predicted molar refractivity (Wildman–Crippen MR) is 109 cm³/mol. The van der Waals surface area contributed by atoms with Crippen molar-refractivity contribution in [2.24, 2.45) is 0 Å². The van der Waals surface area contributed by atoms with Crippen LogP contribution in [-0.2, 0) is 34.3 Å². The van der Waals surface area contributed by atoms with Crippen molar-refractivity contribution in [2.75, 3.05) is 6.61 Å². The zero-order chi connectivity index (χ0) is 20.6. The van der Waals surface area contributed by atoms with Gasteiger partial charge in [0.2, 0.25) is 5.91 Å². The Morgan fingerprint density at radius 2 is 1.97 bits per heavy atom. The largest absolute Gasteiger partial charge is 0.395 e. The lowest BCUT2D eigenvalue weighted by atomic mass is 9.98. The van der Waals surface area contributed by atoms with Gasteiger partial charge in [0.05, 0.1) is 24.8 Å². The van der Waals surface area contributed by atoms with E-state index in [1.54, 1.807) is 11.0 Å². The molecule has 0 radical (unpaired) electrons. The standard InChI is InChI=1S/C20H21N3O4S2/c1-2-16-8-9-19(28-16)29(26,27)23-11-15-10-22(12-18(15)21-23)20(25)17(13-24)14-6-4-3-5-7-14/h3-9,11,17,24H,2,10,12-13H2,1H3/t17-/m1/s1. The van der Waals surface area contributed by atoms with Crippen molar-refractivity contribution in [1.82, 2.24) is 14.1 Å². The van der Waals surface area contributed by atoms with E-state index >= 15 is 0 Å². The number of hydrogen-bond donors (Lipinski definition) is 1. The van der Waals surface area contributed by atoms with Gasteiger partial charge in [-0.2, -0.15) is 17.6 Å². The number of thiophene rings is 1. The van der Waals surface area contributed by atoms with Crippen LogP contribution < -0.4 is 0 Å². The summed E-state index contributed by atoms with van der Waals surface area (Å²) in [5, 5.41) is 14.0. The summed E-state index contributed by atoms with van der Waals surface area (Å²) in [7, 11) is -3.73. The van der Waals surface area contributed by atoms with E-state index in [0.717, 1.165) is 20.9 Å². The van der Waals surface area contributed by atoms with Crippen LogP contribution >= 0.6 is 11.3 Å². The number of hydrogen-bond acceptors (Lipinski definition) is 6. The monoisotopic (exact) mass is 431 g/mol. The number of rotatable bonds is 6. The average Bonchev–Trinajstić information content (AvgIpc) is 3.44. The van der Waals surface area contributed by atoms with E-state index in [0.29, 0.717) is 11.3 Å². The third-order valence-electron chi connectivity index (χ3n) is 5.04. The molecule has 0 fully saturated rings. The number of carbonyl (C=O) groups excluding carboxylic acids is 1. The maximum atomic E-state index is 12.9.